The number of amides is 1. The van der Waals surface area contributed by atoms with Gasteiger partial charge < -0.3 is 14.1 Å². The minimum atomic E-state index is -0.501. The van der Waals surface area contributed by atoms with Gasteiger partial charge in [0.1, 0.15) is 6.54 Å². The van der Waals surface area contributed by atoms with Crippen molar-refractivity contribution in [2.75, 3.05) is 13.1 Å². The standard InChI is InChI=1S/C15H18N2O4/c1-10-7-16(8-11(2)20-10)14(18)9-17-12-5-3-4-6-13(12)21-15(17)19/h3-6,10-11H,7-9H2,1-2H3/t10-,11-/m0/s1. The maximum Gasteiger partial charge on any atom is 0.420 e. The van der Waals surface area contributed by atoms with Crippen molar-refractivity contribution in [1.29, 1.82) is 0 Å². The molecular formula is C15H18N2O4. The normalized spacial score (nSPS) is 22.7. The van der Waals surface area contributed by atoms with Crippen molar-refractivity contribution >= 4 is 17.0 Å². The van der Waals surface area contributed by atoms with Gasteiger partial charge in [0.25, 0.3) is 0 Å². The first-order valence-corrected chi connectivity index (χ1v) is 7.06. The number of ether oxygens (including phenoxy) is 1. The van der Waals surface area contributed by atoms with Crippen LogP contribution in [-0.4, -0.2) is 40.7 Å². The molecule has 2 aromatic rings. The van der Waals surface area contributed by atoms with E-state index in [1.54, 1.807) is 23.1 Å². The van der Waals surface area contributed by atoms with Crippen molar-refractivity contribution in [2.24, 2.45) is 0 Å². The van der Waals surface area contributed by atoms with Crippen molar-refractivity contribution in [1.82, 2.24) is 9.47 Å². The lowest BCUT2D eigenvalue weighted by atomic mass is 10.2. The Morgan fingerprint density at radius 3 is 2.62 bits per heavy atom. The first-order chi connectivity index (χ1) is 10.0. The van der Waals surface area contributed by atoms with Crippen molar-refractivity contribution in [2.45, 2.75) is 32.6 Å². The minimum absolute atomic E-state index is 0.00468. The number of oxazole rings is 1. The van der Waals surface area contributed by atoms with Crippen LogP contribution in [0.3, 0.4) is 0 Å². The molecule has 1 fully saturated rings. The fourth-order valence-corrected chi connectivity index (χ4v) is 2.78. The van der Waals surface area contributed by atoms with Crippen molar-refractivity contribution in [3.8, 4) is 0 Å². The van der Waals surface area contributed by atoms with Gasteiger partial charge in [0.05, 0.1) is 17.7 Å². The average molecular weight is 290 g/mol. The van der Waals surface area contributed by atoms with Gasteiger partial charge in [-0.15, -0.1) is 0 Å². The molecule has 3 rings (SSSR count). The molecule has 112 valence electrons. The van der Waals surface area contributed by atoms with E-state index in [9.17, 15) is 9.59 Å². The number of fused-ring (bicyclic) bond motifs is 1. The zero-order valence-corrected chi connectivity index (χ0v) is 12.1. The second kappa shape index (κ2) is 5.37. The van der Waals surface area contributed by atoms with Crippen LogP contribution in [-0.2, 0) is 16.1 Å². The van der Waals surface area contributed by atoms with Crippen LogP contribution in [0.15, 0.2) is 33.5 Å². The summed E-state index contributed by atoms with van der Waals surface area (Å²) in [6, 6.07) is 7.11. The number of hydrogen-bond donors (Lipinski definition) is 0. The molecule has 1 aliphatic rings. The highest BCUT2D eigenvalue weighted by atomic mass is 16.5. The Morgan fingerprint density at radius 2 is 1.90 bits per heavy atom. The number of nitrogens with zero attached hydrogens (tertiary/aromatic N) is 2. The Kier molecular flexibility index (Phi) is 3.55. The third-order valence-corrected chi connectivity index (χ3v) is 3.64. The number of carbonyl (C=O) groups excluding carboxylic acids is 1. The van der Waals surface area contributed by atoms with Crippen molar-refractivity contribution < 1.29 is 13.9 Å². The lowest BCUT2D eigenvalue weighted by Gasteiger charge is -2.35. The van der Waals surface area contributed by atoms with Gasteiger partial charge in [0.15, 0.2) is 5.58 Å². The molecular weight excluding hydrogens is 272 g/mol. The summed E-state index contributed by atoms with van der Waals surface area (Å²) in [7, 11) is 0. The van der Waals surface area contributed by atoms with E-state index in [2.05, 4.69) is 0 Å². The summed E-state index contributed by atoms with van der Waals surface area (Å²) >= 11 is 0. The molecule has 0 saturated carbocycles. The molecule has 6 nitrogen and oxygen atoms in total. The zero-order valence-electron chi connectivity index (χ0n) is 12.1. The van der Waals surface area contributed by atoms with Crippen LogP contribution in [0.4, 0.5) is 0 Å². The van der Waals surface area contributed by atoms with Crippen LogP contribution < -0.4 is 5.76 Å². The molecule has 2 heterocycles. The van der Waals surface area contributed by atoms with Crippen LogP contribution in [0.25, 0.3) is 11.1 Å². The Bertz CT molecular complexity index is 708. The third kappa shape index (κ3) is 2.71. The number of benzene rings is 1. The number of rotatable bonds is 2. The fraction of sp³-hybridized carbons (Fsp3) is 0.467. The topological polar surface area (TPSA) is 64.7 Å². The van der Waals surface area contributed by atoms with Gasteiger partial charge in [-0.3, -0.25) is 9.36 Å². The summed E-state index contributed by atoms with van der Waals surface area (Å²) in [5, 5.41) is 0. The Labute approximate surface area is 121 Å². The number of para-hydroxylation sites is 2. The summed E-state index contributed by atoms with van der Waals surface area (Å²) in [4.78, 5) is 26.1. The summed E-state index contributed by atoms with van der Waals surface area (Å²) in [6.07, 6.45) is 0.0195. The van der Waals surface area contributed by atoms with Crippen LogP contribution in [0, 0.1) is 0 Å². The van der Waals surface area contributed by atoms with E-state index in [4.69, 9.17) is 9.15 Å². The van der Waals surface area contributed by atoms with Gasteiger partial charge in [0.2, 0.25) is 5.91 Å². The molecule has 0 spiro atoms. The van der Waals surface area contributed by atoms with Crippen LogP contribution in [0.2, 0.25) is 0 Å². The average Bonchev–Trinajstić information content (AvgIpc) is 2.74. The first-order valence-electron chi connectivity index (χ1n) is 7.06. The fourth-order valence-electron chi connectivity index (χ4n) is 2.78. The van der Waals surface area contributed by atoms with E-state index in [1.165, 1.54) is 4.57 Å². The summed E-state index contributed by atoms with van der Waals surface area (Å²) in [5.41, 5.74) is 1.14. The summed E-state index contributed by atoms with van der Waals surface area (Å²) in [6.45, 7) is 4.97. The lowest BCUT2D eigenvalue weighted by molar-refractivity contribution is -0.143. The molecule has 1 aromatic heterocycles. The van der Waals surface area contributed by atoms with Gasteiger partial charge >= 0.3 is 5.76 Å². The number of morpholine rings is 1. The van der Waals surface area contributed by atoms with Gasteiger partial charge in [-0.2, -0.15) is 0 Å². The Hall–Kier alpha value is -2.08. The second-order valence-electron chi connectivity index (χ2n) is 5.48. The molecule has 0 bridgehead atoms. The maximum atomic E-state index is 12.4. The van der Waals surface area contributed by atoms with Crippen molar-refractivity contribution in [3.63, 3.8) is 0 Å². The van der Waals surface area contributed by atoms with Gasteiger partial charge in [0, 0.05) is 13.1 Å². The van der Waals surface area contributed by atoms with Crippen LogP contribution >= 0.6 is 0 Å². The first kappa shape index (κ1) is 13.9. The third-order valence-electron chi connectivity index (χ3n) is 3.64. The summed E-state index contributed by atoms with van der Waals surface area (Å²) < 4.78 is 12.1. The zero-order chi connectivity index (χ0) is 15.0. The minimum Gasteiger partial charge on any atom is -0.408 e. The van der Waals surface area contributed by atoms with E-state index in [0.717, 1.165) is 0 Å². The molecule has 21 heavy (non-hydrogen) atoms. The van der Waals surface area contributed by atoms with Crippen molar-refractivity contribution in [3.05, 3.63) is 34.8 Å². The molecule has 2 atom stereocenters. The van der Waals surface area contributed by atoms with Gasteiger partial charge in [-0.1, -0.05) is 12.1 Å². The van der Waals surface area contributed by atoms with E-state index in [1.807, 2.05) is 19.9 Å². The molecule has 1 aromatic carbocycles. The summed E-state index contributed by atoms with van der Waals surface area (Å²) in [5.74, 6) is -0.593. The van der Waals surface area contributed by atoms with Gasteiger partial charge in [-0.25, -0.2) is 4.79 Å². The molecule has 1 saturated heterocycles. The number of hydrogen-bond acceptors (Lipinski definition) is 4. The van der Waals surface area contributed by atoms with Gasteiger partial charge in [-0.05, 0) is 26.0 Å². The monoisotopic (exact) mass is 290 g/mol. The maximum absolute atomic E-state index is 12.4. The molecule has 6 heteroatoms. The number of aromatic nitrogens is 1. The highest BCUT2D eigenvalue weighted by Gasteiger charge is 2.26. The van der Waals surface area contributed by atoms with Crippen LogP contribution in [0.5, 0.6) is 0 Å². The van der Waals surface area contributed by atoms with Crippen LogP contribution in [0.1, 0.15) is 13.8 Å². The highest BCUT2D eigenvalue weighted by molar-refractivity contribution is 5.79. The molecule has 1 amide bonds. The lowest BCUT2D eigenvalue weighted by Crippen LogP contribution is -2.49. The Balaban J connectivity index is 1.83. The molecule has 0 N–H and O–H groups in total. The van der Waals surface area contributed by atoms with E-state index < -0.39 is 5.76 Å². The quantitative estimate of drug-likeness (QED) is 0.834. The SMILES string of the molecule is C[C@H]1CN(C(=O)Cn2c(=O)oc3ccccc32)C[C@H](C)O1. The van der Waals surface area contributed by atoms with E-state index in [-0.39, 0.29) is 24.7 Å². The predicted molar refractivity (Wildman–Crippen MR) is 77.1 cm³/mol. The largest absolute Gasteiger partial charge is 0.420 e. The van der Waals surface area contributed by atoms with E-state index >= 15 is 0 Å². The molecule has 0 radical (unpaired) electrons. The molecule has 0 aliphatic carbocycles. The number of carbonyl (C=O) groups is 1. The Morgan fingerprint density at radius 1 is 1.24 bits per heavy atom. The highest BCUT2D eigenvalue weighted by Crippen LogP contribution is 2.14. The predicted octanol–water partition coefficient (Wildman–Crippen LogP) is 1.23. The second-order valence-corrected chi connectivity index (χ2v) is 5.48. The van der Waals surface area contributed by atoms with E-state index in [0.29, 0.717) is 24.2 Å². The smallest absolute Gasteiger partial charge is 0.408 e. The molecule has 1 aliphatic heterocycles. The molecule has 0 unspecified atom stereocenters.